The summed E-state index contributed by atoms with van der Waals surface area (Å²) >= 11 is 0. The van der Waals surface area contributed by atoms with Gasteiger partial charge in [-0.1, -0.05) is 42.5 Å². The number of aromatic nitrogens is 3. The zero-order valence-corrected chi connectivity index (χ0v) is 18.0. The minimum atomic E-state index is -0.117. The van der Waals surface area contributed by atoms with Crippen LogP contribution in [0.2, 0.25) is 0 Å². The van der Waals surface area contributed by atoms with Crippen LogP contribution >= 0.6 is 0 Å². The predicted octanol–water partition coefficient (Wildman–Crippen LogP) is 4.09. The fraction of sp³-hybridized carbons (Fsp3) is 0.192. The van der Waals surface area contributed by atoms with Crippen LogP contribution in [0.15, 0.2) is 79.3 Å². The third-order valence-corrected chi connectivity index (χ3v) is 5.83. The standard InChI is InChI=1S/C26H24N6O/c27-13-19-8-6-18(7-9-19)10-11-28-25(20-4-2-1-3-5-20)24-17-29-23-12-21(14-30-26(23)33-24)22-15-31-32-16-22/h1-9,12,14-16,24-25,28-29H,10-11,17H2,(H,31,32)/t24-,25+/m0/s1. The molecule has 0 fully saturated rings. The summed E-state index contributed by atoms with van der Waals surface area (Å²) in [4.78, 5) is 4.57. The van der Waals surface area contributed by atoms with Crippen LogP contribution in [0.5, 0.6) is 5.88 Å². The quantitative estimate of drug-likeness (QED) is 0.404. The number of ether oxygens (including phenoxy) is 1. The molecule has 1 aliphatic rings. The van der Waals surface area contributed by atoms with Crippen LogP contribution in [0.1, 0.15) is 22.7 Å². The Kier molecular flexibility index (Phi) is 6.00. The Hall–Kier alpha value is -4.15. The summed E-state index contributed by atoms with van der Waals surface area (Å²) in [6.45, 7) is 1.44. The van der Waals surface area contributed by atoms with Gasteiger partial charge in [-0.2, -0.15) is 10.4 Å². The molecule has 3 N–H and O–H groups in total. The monoisotopic (exact) mass is 436 g/mol. The van der Waals surface area contributed by atoms with Crippen molar-refractivity contribution < 1.29 is 4.74 Å². The van der Waals surface area contributed by atoms with Gasteiger partial charge >= 0.3 is 0 Å². The summed E-state index contributed by atoms with van der Waals surface area (Å²) < 4.78 is 6.36. The van der Waals surface area contributed by atoms with Crippen LogP contribution in [0.4, 0.5) is 5.69 Å². The van der Waals surface area contributed by atoms with E-state index in [4.69, 9.17) is 10.00 Å². The molecule has 7 nitrogen and oxygen atoms in total. The molecule has 33 heavy (non-hydrogen) atoms. The number of fused-ring (bicyclic) bond motifs is 1. The average molecular weight is 437 g/mol. The number of anilines is 1. The molecule has 2 aromatic carbocycles. The lowest BCUT2D eigenvalue weighted by Gasteiger charge is -2.33. The van der Waals surface area contributed by atoms with Gasteiger partial charge in [0.15, 0.2) is 0 Å². The second-order valence-electron chi connectivity index (χ2n) is 8.00. The number of benzene rings is 2. The summed E-state index contributed by atoms with van der Waals surface area (Å²) in [6.07, 6.45) is 6.17. The molecule has 0 saturated carbocycles. The molecule has 0 amide bonds. The van der Waals surface area contributed by atoms with Gasteiger partial charge in [0.05, 0.1) is 36.1 Å². The van der Waals surface area contributed by atoms with E-state index in [-0.39, 0.29) is 12.1 Å². The van der Waals surface area contributed by atoms with Crippen molar-refractivity contribution in [3.8, 4) is 23.1 Å². The van der Waals surface area contributed by atoms with Crippen molar-refractivity contribution in [3.05, 3.63) is 95.9 Å². The van der Waals surface area contributed by atoms with Gasteiger partial charge in [0.25, 0.3) is 0 Å². The van der Waals surface area contributed by atoms with E-state index in [2.05, 4.69) is 44.0 Å². The van der Waals surface area contributed by atoms with Gasteiger partial charge in [-0.15, -0.1) is 0 Å². The van der Waals surface area contributed by atoms with E-state index in [0.717, 1.165) is 29.8 Å². The number of H-pyrrole nitrogens is 1. The van der Waals surface area contributed by atoms with Crippen molar-refractivity contribution in [2.45, 2.75) is 18.6 Å². The molecule has 3 heterocycles. The zero-order valence-electron chi connectivity index (χ0n) is 18.0. The van der Waals surface area contributed by atoms with Crippen molar-refractivity contribution in [2.75, 3.05) is 18.4 Å². The zero-order chi connectivity index (χ0) is 22.5. The number of pyridine rings is 1. The van der Waals surface area contributed by atoms with Crippen LogP contribution in [0.3, 0.4) is 0 Å². The molecule has 1 aliphatic heterocycles. The van der Waals surface area contributed by atoms with Crippen LogP contribution in [0.25, 0.3) is 11.1 Å². The highest BCUT2D eigenvalue weighted by molar-refractivity contribution is 5.69. The maximum Gasteiger partial charge on any atom is 0.237 e. The number of hydrogen-bond acceptors (Lipinski definition) is 6. The maximum absolute atomic E-state index is 8.99. The molecule has 2 atom stereocenters. The molecule has 0 bridgehead atoms. The number of nitrogens with zero attached hydrogens (tertiary/aromatic N) is 3. The molecule has 4 aromatic rings. The first-order valence-electron chi connectivity index (χ1n) is 11.0. The Morgan fingerprint density at radius 3 is 2.70 bits per heavy atom. The minimum absolute atomic E-state index is 0.000539. The third kappa shape index (κ3) is 4.71. The second-order valence-corrected chi connectivity index (χ2v) is 8.00. The first-order valence-corrected chi connectivity index (χ1v) is 11.0. The van der Waals surface area contributed by atoms with E-state index >= 15 is 0 Å². The summed E-state index contributed by atoms with van der Waals surface area (Å²) in [5.41, 5.74) is 5.89. The lowest BCUT2D eigenvalue weighted by Crippen LogP contribution is -2.43. The van der Waals surface area contributed by atoms with Gasteiger partial charge in [0, 0.05) is 23.5 Å². The van der Waals surface area contributed by atoms with Crippen LogP contribution < -0.4 is 15.4 Å². The minimum Gasteiger partial charge on any atom is -0.469 e. The Bertz CT molecular complexity index is 1230. The molecule has 164 valence electrons. The van der Waals surface area contributed by atoms with Crippen molar-refractivity contribution in [1.82, 2.24) is 20.5 Å². The Balaban J connectivity index is 1.30. The number of hydrogen-bond donors (Lipinski definition) is 3. The molecule has 2 aromatic heterocycles. The van der Waals surface area contributed by atoms with Crippen molar-refractivity contribution in [2.24, 2.45) is 0 Å². The van der Waals surface area contributed by atoms with Gasteiger partial charge in [-0.25, -0.2) is 4.98 Å². The molecular weight excluding hydrogens is 412 g/mol. The van der Waals surface area contributed by atoms with E-state index in [1.165, 1.54) is 11.1 Å². The van der Waals surface area contributed by atoms with Crippen molar-refractivity contribution in [1.29, 1.82) is 5.26 Å². The molecule has 0 spiro atoms. The van der Waals surface area contributed by atoms with E-state index < -0.39 is 0 Å². The predicted molar refractivity (Wildman–Crippen MR) is 127 cm³/mol. The summed E-state index contributed by atoms with van der Waals surface area (Å²) in [7, 11) is 0. The van der Waals surface area contributed by atoms with E-state index in [1.54, 1.807) is 6.20 Å². The number of aromatic amines is 1. The van der Waals surface area contributed by atoms with Gasteiger partial charge < -0.3 is 15.4 Å². The van der Waals surface area contributed by atoms with Gasteiger partial charge in [0.2, 0.25) is 5.88 Å². The molecular formula is C26H24N6O. The molecule has 0 saturated heterocycles. The number of nitriles is 1. The smallest absolute Gasteiger partial charge is 0.237 e. The van der Waals surface area contributed by atoms with Crippen LogP contribution in [-0.2, 0) is 6.42 Å². The lowest BCUT2D eigenvalue weighted by atomic mass is 9.99. The molecule has 0 radical (unpaired) electrons. The Labute approximate surface area is 192 Å². The first-order chi connectivity index (χ1) is 16.3. The number of rotatable bonds is 7. The summed E-state index contributed by atoms with van der Waals surface area (Å²) in [5.74, 6) is 0.605. The fourth-order valence-corrected chi connectivity index (χ4v) is 4.06. The molecule has 0 aliphatic carbocycles. The van der Waals surface area contributed by atoms with Gasteiger partial charge in [-0.05, 0) is 42.3 Å². The van der Waals surface area contributed by atoms with Crippen LogP contribution in [0, 0.1) is 11.3 Å². The molecule has 0 unspecified atom stereocenters. The average Bonchev–Trinajstić information content (AvgIpc) is 3.42. The largest absolute Gasteiger partial charge is 0.469 e. The third-order valence-electron chi connectivity index (χ3n) is 5.83. The van der Waals surface area contributed by atoms with E-state index in [1.807, 2.05) is 60.9 Å². The maximum atomic E-state index is 8.99. The highest BCUT2D eigenvalue weighted by Crippen LogP contribution is 2.33. The van der Waals surface area contributed by atoms with Crippen LogP contribution in [-0.4, -0.2) is 34.4 Å². The summed E-state index contributed by atoms with van der Waals surface area (Å²) in [6, 6.07) is 22.3. The van der Waals surface area contributed by atoms with Crippen molar-refractivity contribution in [3.63, 3.8) is 0 Å². The SMILES string of the molecule is N#Cc1ccc(CCN[C@H](c2ccccc2)[C@@H]2CNc3cc(-c4cn[nH]c4)cnc3O2)cc1. The normalized spacial score (nSPS) is 15.5. The highest BCUT2D eigenvalue weighted by atomic mass is 16.5. The second kappa shape index (κ2) is 9.55. The molecule has 5 rings (SSSR count). The first kappa shape index (κ1) is 20.7. The van der Waals surface area contributed by atoms with E-state index in [9.17, 15) is 0 Å². The Morgan fingerprint density at radius 1 is 1.09 bits per heavy atom. The summed E-state index contributed by atoms with van der Waals surface area (Å²) in [5, 5.41) is 23.0. The van der Waals surface area contributed by atoms with Gasteiger partial charge in [-0.3, -0.25) is 5.10 Å². The highest BCUT2D eigenvalue weighted by Gasteiger charge is 2.29. The fourth-order valence-electron chi connectivity index (χ4n) is 4.06. The lowest BCUT2D eigenvalue weighted by molar-refractivity contribution is 0.150. The molecule has 7 heteroatoms. The topological polar surface area (TPSA) is 98.7 Å². The Morgan fingerprint density at radius 2 is 1.94 bits per heavy atom. The van der Waals surface area contributed by atoms with Gasteiger partial charge in [0.1, 0.15) is 6.10 Å². The number of nitrogens with one attached hydrogen (secondary N) is 3. The van der Waals surface area contributed by atoms with Crippen molar-refractivity contribution >= 4 is 5.69 Å². The van der Waals surface area contributed by atoms with E-state index in [0.29, 0.717) is 18.0 Å².